The highest BCUT2D eigenvalue weighted by Gasteiger charge is 2.12. The van der Waals surface area contributed by atoms with E-state index in [0.29, 0.717) is 6.61 Å². The lowest BCUT2D eigenvalue weighted by Gasteiger charge is -2.18. The third kappa shape index (κ3) is 3.18. The lowest BCUT2D eigenvalue weighted by Crippen LogP contribution is -2.24. The van der Waals surface area contributed by atoms with Gasteiger partial charge in [0.15, 0.2) is 11.6 Å². The van der Waals surface area contributed by atoms with Crippen LogP contribution in [0.3, 0.4) is 0 Å². The molecule has 0 aliphatic heterocycles. The van der Waals surface area contributed by atoms with E-state index in [4.69, 9.17) is 9.47 Å². The Balaban J connectivity index is 2.90. The van der Waals surface area contributed by atoms with Crippen molar-refractivity contribution in [3.8, 4) is 5.75 Å². The second-order valence-electron chi connectivity index (χ2n) is 3.46. The molecule has 0 aliphatic rings. The van der Waals surface area contributed by atoms with Crippen molar-refractivity contribution >= 4 is 0 Å². The van der Waals surface area contributed by atoms with Crippen LogP contribution in [-0.2, 0) is 4.74 Å². The third-order valence-corrected chi connectivity index (χ3v) is 2.36. The molecule has 0 heterocycles. The minimum absolute atomic E-state index is 0.0597. The van der Waals surface area contributed by atoms with E-state index >= 15 is 0 Å². The van der Waals surface area contributed by atoms with Gasteiger partial charge in [-0.05, 0) is 24.2 Å². The van der Waals surface area contributed by atoms with Crippen molar-refractivity contribution in [2.45, 2.75) is 13.0 Å². The summed E-state index contributed by atoms with van der Waals surface area (Å²) in [7, 11) is 3.10. The molecule has 0 aliphatic carbocycles. The van der Waals surface area contributed by atoms with Gasteiger partial charge in [0.05, 0.1) is 19.8 Å². The molecule has 1 rings (SSSR count). The number of hydrogen-bond donors (Lipinski definition) is 1. The summed E-state index contributed by atoms with van der Waals surface area (Å²) in [6.07, 6.45) is 0. The van der Waals surface area contributed by atoms with Crippen LogP contribution in [0.1, 0.15) is 18.5 Å². The molecule has 16 heavy (non-hydrogen) atoms. The Morgan fingerprint density at radius 3 is 2.69 bits per heavy atom. The summed E-state index contributed by atoms with van der Waals surface area (Å²) in [4.78, 5) is 0. The molecule has 0 spiro atoms. The fourth-order valence-electron chi connectivity index (χ4n) is 1.58. The smallest absolute Gasteiger partial charge is 0.165 e. The molecule has 1 aromatic rings. The van der Waals surface area contributed by atoms with E-state index in [0.717, 1.165) is 12.1 Å². The number of rotatable bonds is 6. The maximum Gasteiger partial charge on any atom is 0.165 e. The van der Waals surface area contributed by atoms with Crippen molar-refractivity contribution in [1.29, 1.82) is 0 Å². The molecule has 1 atom stereocenters. The van der Waals surface area contributed by atoms with Crippen LogP contribution >= 0.6 is 0 Å². The average molecular weight is 227 g/mol. The largest absolute Gasteiger partial charge is 0.494 e. The average Bonchev–Trinajstić information content (AvgIpc) is 2.29. The van der Waals surface area contributed by atoms with E-state index in [1.807, 2.05) is 6.92 Å². The van der Waals surface area contributed by atoms with Crippen molar-refractivity contribution in [3.63, 3.8) is 0 Å². The van der Waals surface area contributed by atoms with Crippen LogP contribution in [0.25, 0.3) is 0 Å². The standard InChI is InChI=1S/C12H18FNO2/c1-4-14-11(8-15-2)9-5-6-10(13)12(7-9)16-3/h5-7,11,14H,4,8H2,1-3H3. The van der Waals surface area contributed by atoms with Crippen molar-refractivity contribution in [2.24, 2.45) is 0 Å². The van der Waals surface area contributed by atoms with Crippen LogP contribution in [0.2, 0.25) is 0 Å². The summed E-state index contributed by atoms with van der Waals surface area (Å²) in [6, 6.07) is 4.91. The molecule has 1 unspecified atom stereocenters. The number of nitrogens with one attached hydrogen (secondary N) is 1. The lowest BCUT2D eigenvalue weighted by molar-refractivity contribution is 0.167. The molecule has 0 saturated heterocycles. The van der Waals surface area contributed by atoms with Crippen molar-refractivity contribution < 1.29 is 13.9 Å². The molecule has 0 saturated carbocycles. The predicted octanol–water partition coefficient (Wildman–Crippen LogP) is 2.13. The van der Waals surface area contributed by atoms with Crippen LogP contribution in [0.15, 0.2) is 18.2 Å². The quantitative estimate of drug-likeness (QED) is 0.807. The zero-order valence-corrected chi connectivity index (χ0v) is 9.92. The number of likely N-dealkylation sites (N-methyl/N-ethyl adjacent to an activating group) is 1. The van der Waals surface area contributed by atoms with Gasteiger partial charge in [0, 0.05) is 7.11 Å². The normalized spacial score (nSPS) is 12.5. The van der Waals surface area contributed by atoms with Crippen molar-refractivity contribution in [1.82, 2.24) is 5.32 Å². The first kappa shape index (κ1) is 12.9. The Hall–Kier alpha value is -1.13. The second kappa shape index (κ2) is 6.45. The SMILES string of the molecule is CCNC(COC)c1ccc(F)c(OC)c1. The highest BCUT2D eigenvalue weighted by Crippen LogP contribution is 2.22. The summed E-state index contributed by atoms with van der Waals surface area (Å²) >= 11 is 0. The van der Waals surface area contributed by atoms with Crippen molar-refractivity contribution in [2.75, 3.05) is 27.4 Å². The highest BCUT2D eigenvalue weighted by atomic mass is 19.1. The Labute approximate surface area is 95.6 Å². The molecule has 90 valence electrons. The van der Waals surface area contributed by atoms with Gasteiger partial charge in [0.25, 0.3) is 0 Å². The van der Waals surface area contributed by atoms with Crippen molar-refractivity contribution in [3.05, 3.63) is 29.6 Å². The molecule has 1 N–H and O–H groups in total. The van der Waals surface area contributed by atoms with E-state index in [-0.39, 0.29) is 17.6 Å². The minimum atomic E-state index is -0.348. The molecule has 0 radical (unpaired) electrons. The van der Waals surface area contributed by atoms with Gasteiger partial charge in [0.1, 0.15) is 0 Å². The molecule has 0 aromatic heterocycles. The van der Waals surface area contributed by atoms with Gasteiger partial charge in [-0.1, -0.05) is 13.0 Å². The van der Waals surface area contributed by atoms with Crippen LogP contribution in [0.5, 0.6) is 5.75 Å². The van der Waals surface area contributed by atoms with Gasteiger partial charge in [0.2, 0.25) is 0 Å². The molecule has 1 aromatic carbocycles. The number of hydrogen-bond acceptors (Lipinski definition) is 3. The van der Waals surface area contributed by atoms with E-state index < -0.39 is 0 Å². The summed E-state index contributed by atoms with van der Waals surface area (Å²) in [5.41, 5.74) is 0.960. The molecule has 4 heteroatoms. The summed E-state index contributed by atoms with van der Waals surface area (Å²) in [5, 5.41) is 3.27. The summed E-state index contributed by atoms with van der Waals surface area (Å²) < 4.78 is 23.3. The molecule has 0 fully saturated rings. The summed E-state index contributed by atoms with van der Waals surface area (Å²) in [6.45, 7) is 3.39. The summed E-state index contributed by atoms with van der Waals surface area (Å²) in [5.74, 6) is -0.0876. The number of ether oxygens (including phenoxy) is 2. The van der Waals surface area contributed by atoms with E-state index in [1.165, 1.54) is 13.2 Å². The Morgan fingerprint density at radius 2 is 2.12 bits per heavy atom. The Bertz CT molecular complexity index is 325. The third-order valence-electron chi connectivity index (χ3n) is 2.36. The van der Waals surface area contributed by atoms with Crippen LogP contribution in [0, 0.1) is 5.82 Å². The zero-order valence-electron chi connectivity index (χ0n) is 9.92. The first-order chi connectivity index (χ1) is 7.72. The monoisotopic (exact) mass is 227 g/mol. The van der Waals surface area contributed by atoms with Crippen LogP contribution < -0.4 is 10.1 Å². The Morgan fingerprint density at radius 1 is 1.38 bits per heavy atom. The lowest BCUT2D eigenvalue weighted by atomic mass is 10.1. The number of halogens is 1. The fraction of sp³-hybridized carbons (Fsp3) is 0.500. The maximum absolute atomic E-state index is 13.2. The maximum atomic E-state index is 13.2. The van der Waals surface area contributed by atoms with Crippen LogP contribution in [0.4, 0.5) is 4.39 Å². The topological polar surface area (TPSA) is 30.5 Å². The molecular weight excluding hydrogens is 209 g/mol. The minimum Gasteiger partial charge on any atom is -0.494 e. The predicted molar refractivity (Wildman–Crippen MR) is 61.2 cm³/mol. The second-order valence-corrected chi connectivity index (χ2v) is 3.46. The number of methoxy groups -OCH3 is 2. The molecule has 0 bridgehead atoms. The zero-order chi connectivity index (χ0) is 12.0. The van der Waals surface area contributed by atoms with Gasteiger partial charge in [-0.2, -0.15) is 0 Å². The first-order valence-electron chi connectivity index (χ1n) is 5.28. The van der Waals surface area contributed by atoms with Gasteiger partial charge < -0.3 is 14.8 Å². The molecule has 3 nitrogen and oxygen atoms in total. The Kier molecular flexibility index (Phi) is 5.22. The highest BCUT2D eigenvalue weighted by molar-refractivity contribution is 5.32. The van der Waals surface area contributed by atoms with E-state index in [9.17, 15) is 4.39 Å². The molecular formula is C12H18FNO2. The van der Waals surface area contributed by atoms with E-state index in [1.54, 1.807) is 19.2 Å². The van der Waals surface area contributed by atoms with E-state index in [2.05, 4.69) is 5.32 Å². The van der Waals surface area contributed by atoms with Gasteiger partial charge >= 0.3 is 0 Å². The van der Waals surface area contributed by atoms with Gasteiger partial charge in [-0.3, -0.25) is 0 Å². The van der Waals surface area contributed by atoms with Gasteiger partial charge in [-0.25, -0.2) is 4.39 Å². The van der Waals surface area contributed by atoms with Gasteiger partial charge in [-0.15, -0.1) is 0 Å². The fourth-order valence-corrected chi connectivity index (χ4v) is 1.58. The molecule has 0 amide bonds. The number of benzene rings is 1. The first-order valence-corrected chi connectivity index (χ1v) is 5.28. The van der Waals surface area contributed by atoms with Crippen LogP contribution in [-0.4, -0.2) is 27.4 Å².